The van der Waals surface area contributed by atoms with Crippen molar-refractivity contribution in [2.24, 2.45) is 17.1 Å². The first-order chi connectivity index (χ1) is 12.4. The highest BCUT2D eigenvalue weighted by Crippen LogP contribution is 2.31. The fourth-order valence-electron chi connectivity index (χ4n) is 3.54. The lowest BCUT2D eigenvalue weighted by atomic mass is 9.83. The molecule has 1 atom stereocenters. The van der Waals surface area contributed by atoms with Gasteiger partial charge in [0, 0.05) is 31.6 Å². The lowest BCUT2D eigenvalue weighted by molar-refractivity contribution is -0.143. The number of amides is 2. The third-order valence-electron chi connectivity index (χ3n) is 4.93. The third kappa shape index (κ3) is 6.11. The van der Waals surface area contributed by atoms with Crippen molar-refractivity contribution in [1.82, 2.24) is 10.2 Å². The summed E-state index contributed by atoms with van der Waals surface area (Å²) < 4.78 is 5.41. The summed E-state index contributed by atoms with van der Waals surface area (Å²) in [6.07, 6.45) is 2.25. The topological polar surface area (TPSA) is 84.7 Å². The molecule has 0 saturated carbocycles. The van der Waals surface area contributed by atoms with Crippen LogP contribution in [0, 0.1) is 11.3 Å². The molecule has 0 aliphatic carbocycles. The first-order valence-corrected chi connectivity index (χ1v) is 9.28. The molecular weight excluding hydrogens is 366 g/mol. The second-order valence-corrected chi connectivity index (χ2v) is 7.54. The zero-order valence-corrected chi connectivity index (χ0v) is 17.3. The van der Waals surface area contributed by atoms with Crippen LogP contribution in [0.4, 0.5) is 0 Å². The number of carbonyl (C=O) groups excluding carboxylic acids is 2. The Bertz CT molecular complexity index is 637. The SMILES string of the molecule is COc1ccccc1CC(C)(C)C(=O)N1CCCC(C(=O)NCCN)C1.Cl. The molecule has 7 heteroatoms. The summed E-state index contributed by atoms with van der Waals surface area (Å²) in [4.78, 5) is 27.2. The van der Waals surface area contributed by atoms with Crippen molar-refractivity contribution < 1.29 is 14.3 Å². The molecule has 3 N–H and O–H groups in total. The molecule has 1 aromatic rings. The van der Waals surface area contributed by atoms with Gasteiger partial charge >= 0.3 is 0 Å². The van der Waals surface area contributed by atoms with E-state index in [1.807, 2.05) is 43.0 Å². The Hall–Kier alpha value is -1.79. The van der Waals surface area contributed by atoms with E-state index < -0.39 is 5.41 Å². The van der Waals surface area contributed by atoms with Gasteiger partial charge in [0.2, 0.25) is 11.8 Å². The van der Waals surface area contributed by atoms with E-state index in [9.17, 15) is 9.59 Å². The Labute approximate surface area is 168 Å². The quantitative estimate of drug-likeness (QED) is 0.736. The molecule has 1 aliphatic rings. The number of benzene rings is 1. The Morgan fingerprint density at radius 2 is 2.04 bits per heavy atom. The van der Waals surface area contributed by atoms with Gasteiger partial charge in [-0.15, -0.1) is 12.4 Å². The molecule has 6 nitrogen and oxygen atoms in total. The molecular formula is C20H32ClN3O3. The van der Waals surface area contributed by atoms with Crippen molar-refractivity contribution in [2.45, 2.75) is 33.1 Å². The number of ether oxygens (including phenoxy) is 1. The average Bonchev–Trinajstić information content (AvgIpc) is 2.65. The molecule has 2 amide bonds. The van der Waals surface area contributed by atoms with Gasteiger partial charge in [-0.25, -0.2) is 0 Å². The zero-order valence-electron chi connectivity index (χ0n) is 16.5. The molecule has 1 heterocycles. The number of carbonyl (C=O) groups is 2. The Balaban J connectivity index is 0.00000364. The number of nitrogens with one attached hydrogen (secondary N) is 1. The van der Waals surface area contributed by atoms with Gasteiger partial charge in [0.05, 0.1) is 13.0 Å². The second-order valence-electron chi connectivity index (χ2n) is 7.54. The molecule has 0 spiro atoms. The fourth-order valence-corrected chi connectivity index (χ4v) is 3.54. The number of likely N-dealkylation sites (tertiary alicyclic amines) is 1. The molecule has 27 heavy (non-hydrogen) atoms. The van der Waals surface area contributed by atoms with Crippen LogP contribution in [0.5, 0.6) is 5.75 Å². The van der Waals surface area contributed by atoms with E-state index in [1.165, 1.54) is 0 Å². The van der Waals surface area contributed by atoms with E-state index in [0.717, 1.165) is 24.2 Å². The molecule has 1 unspecified atom stereocenters. The van der Waals surface area contributed by atoms with Gasteiger partial charge in [0.15, 0.2) is 0 Å². The summed E-state index contributed by atoms with van der Waals surface area (Å²) in [6, 6.07) is 7.78. The predicted octanol–water partition coefficient (Wildman–Crippen LogP) is 2.00. The number of hydrogen-bond donors (Lipinski definition) is 2. The largest absolute Gasteiger partial charge is 0.496 e. The van der Waals surface area contributed by atoms with Crippen LogP contribution in [0.25, 0.3) is 0 Å². The number of nitrogens with zero attached hydrogens (tertiary/aromatic N) is 1. The van der Waals surface area contributed by atoms with E-state index in [1.54, 1.807) is 7.11 Å². The predicted molar refractivity (Wildman–Crippen MR) is 109 cm³/mol. The molecule has 0 aromatic heterocycles. The highest BCUT2D eigenvalue weighted by atomic mass is 35.5. The first-order valence-electron chi connectivity index (χ1n) is 9.28. The maximum atomic E-state index is 13.1. The molecule has 1 saturated heterocycles. The maximum absolute atomic E-state index is 13.1. The van der Waals surface area contributed by atoms with Crippen molar-refractivity contribution in [3.63, 3.8) is 0 Å². The Morgan fingerprint density at radius 1 is 1.33 bits per heavy atom. The van der Waals surface area contributed by atoms with E-state index in [-0.39, 0.29) is 30.1 Å². The molecule has 1 aromatic carbocycles. The highest BCUT2D eigenvalue weighted by molar-refractivity contribution is 5.85. The van der Waals surface area contributed by atoms with Gasteiger partial charge in [-0.2, -0.15) is 0 Å². The fraction of sp³-hybridized carbons (Fsp3) is 0.600. The minimum atomic E-state index is -0.565. The minimum absolute atomic E-state index is 0. The lowest BCUT2D eigenvalue weighted by Gasteiger charge is -2.37. The number of hydrogen-bond acceptors (Lipinski definition) is 4. The number of halogens is 1. The normalized spacial score (nSPS) is 17.0. The molecule has 0 bridgehead atoms. The second kappa shape index (κ2) is 10.5. The number of para-hydroxylation sites is 1. The molecule has 1 aliphatic heterocycles. The van der Waals surface area contributed by atoms with Crippen LogP contribution in [0.15, 0.2) is 24.3 Å². The van der Waals surface area contributed by atoms with Gasteiger partial charge in [-0.1, -0.05) is 32.0 Å². The number of nitrogens with two attached hydrogens (primary N) is 1. The van der Waals surface area contributed by atoms with Gasteiger partial charge in [0.25, 0.3) is 0 Å². The summed E-state index contributed by atoms with van der Waals surface area (Å²) in [5.41, 5.74) is 5.90. The van der Waals surface area contributed by atoms with E-state index in [4.69, 9.17) is 10.5 Å². The van der Waals surface area contributed by atoms with Gasteiger partial charge in [-0.05, 0) is 30.9 Å². The summed E-state index contributed by atoms with van der Waals surface area (Å²) in [6.45, 7) is 5.99. The van der Waals surface area contributed by atoms with Crippen molar-refractivity contribution >= 4 is 24.2 Å². The van der Waals surface area contributed by atoms with E-state index in [2.05, 4.69) is 5.32 Å². The zero-order chi connectivity index (χ0) is 19.2. The van der Waals surface area contributed by atoms with Crippen molar-refractivity contribution in [3.8, 4) is 5.75 Å². The molecule has 0 radical (unpaired) electrons. The Kier molecular flexibility index (Phi) is 9.06. The van der Waals surface area contributed by atoms with Crippen LogP contribution in [0.1, 0.15) is 32.3 Å². The third-order valence-corrected chi connectivity index (χ3v) is 4.93. The maximum Gasteiger partial charge on any atom is 0.228 e. The molecule has 152 valence electrons. The standard InChI is InChI=1S/C20H31N3O3.ClH/c1-20(2,13-15-7-4-5-9-17(15)26-3)19(25)23-12-6-8-16(14-23)18(24)22-11-10-21;/h4-5,7,9,16H,6,8,10-14,21H2,1-3H3,(H,22,24);1H. The van der Waals surface area contributed by atoms with E-state index in [0.29, 0.717) is 32.6 Å². The van der Waals surface area contributed by atoms with Crippen LogP contribution < -0.4 is 15.8 Å². The monoisotopic (exact) mass is 397 g/mol. The van der Waals surface area contributed by atoms with Crippen LogP contribution >= 0.6 is 12.4 Å². The van der Waals surface area contributed by atoms with Gasteiger partial charge in [-0.3, -0.25) is 9.59 Å². The average molecular weight is 398 g/mol. The van der Waals surface area contributed by atoms with Crippen LogP contribution in [0.2, 0.25) is 0 Å². The van der Waals surface area contributed by atoms with Crippen LogP contribution in [-0.2, 0) is 16.0 Å². The summed E-state index contributed by atoms with van der Waals surface area (Å²) in [5, 5.41) is 2.84. The number of rotatable bonds is 7. The number of piperidine rings is 1. The first kappa shape index (κ1) is 23.2. The summed E-state index contributed by atoms with van der Waals surface area (Å²) in [7, 11) is 1.64. The summed E-state index contributed by atoms with van der Waals surface area (Å²) in [5.74, 6) is 0.725. The van der Waals surface area contributed by atoms with Gasteiger partial charge in [0.1, 0.15) is 5.75 Å². The number of methoxy groups -OCH3 is 1. The Morgan fingerprint density at radius 3 is 2.70 bits per heavy atom. The van der Waals surface area contributed by atoms with Crippen LogP contribution in [-0.4, -0.2) is 50.0 Å². The van der Waals surface area contributed by atoms with Crippen LogP contribution in [0.3, 0.4) is 0 Å². The highest BCUT2D eigenvalue weighted by Gasteiger charge is 2.36. The smallest absolute Gasteiger partial charge is 0.228 e. The van der Waals surface area contributed by atoms with Gasteiger partial charge < -0.3 is 20.7 Å². The van der Waals surface area contributed by atoms with Crippen molar-refractivity contribution in [1.29, 1.82) is 0 Å². The van der Waals surface area contributed by atoms with E-state index >= 15 is 0 Å². The molecule has 1 fully saturated rings. The molecule has 2 rings (SSSR count). The van der Waals surface area contributed by atoms with Crippen molar-refractivity contribution in [2.75, 3.05) is 33.3 Å². The minimum Gasteiger partial charge on any atom is -0.496 e. The lowest BCUT2D eigenvalue weighted by Crippen LogP contribution is -2.50. The summed E-state index contributed by atoms with van der Waals surface area (Å²) >= 11 is 0. The van der Waals surface area contributed by atoms with Crippen molar-refractivity contribution in [3.05, 3.63) is 29.8 Å².